The second-order valence-electron chi connectivity index (χ2n) is 4.67. The Kier molecular flexibility index (Phi) is 6.29. The molecule has 0 aliphatic rings. The molecule has 0 saturated heterocycles. The summed E-state index contributed by atoms with van der Waals surface area (Å²) in [6.45, 7) is 0.408. The number of carbonyl (C=O) groups excluding carboxylic acids is 1. The molecule has 0 aromatic heterocycles. The van der Waals surface area contributed by atoms with Crippen LogP contribution in [0.3, 0.4) is 0 Å². The average Bonchev–Trinajstić information content (AvgIpc) is 2.38. The van der Waals surface area contributed by atoms with E-state index in [2.05, 4.69) is 15.4 Å². The lowest BCUT2D eigenvalue weighted by Gasteiger charge is -2.16. The molecule has 1 atom stereocenters. The number of aliphatic hydroxyl groups excluding tert-OH is 1. The van der Waals surface area contributed by atoms with Crippen molar-refractivity contribution in [3.8, 4) is 5.75 Å². The number of benzene rings is 1. The van der Waals surface area contributed by atoms with Crippen molar-refractivity contribution in [1.29, 1.82) is 0 Å². The van der Waals surface area contributed by atoms with E-state index in [4.69, 9.17) is 0 Å². The fourth-order valence-corrected chi connectivity index (χ4v) is 1.39. The Balaban J connectivity index is 2.67. The number of halogens is 3. The Labute approximate surface area is 120 Å². The van der Waals surface area contributed by atoms with Crippen LogP contribution in [0.15, 0.2) is 18.2 Å². The number of urea groups is 1. The first kappa shape index (κ1) is 17.1. The molecule has 0 spiro atoms. The summed E-state index contributed by atoms with van der Waals surface area (Å²) < 4.78 is 41.5. The zero-order valence-electron chi connectivity index (χ0n) is 11.6. The van der Waals surface area contributed by atoms with Crippen LogP contribution in [0.2, 0.25) is 0 Å². The smallest absolute Gasteiger partial charge is 0.387 e. The maximum absolute atomic E-state index is 13.0. The number of nitrogens with one attached hydrogen (secondary N) is 2. The second-order valence-corrected chi connectivity index (χ2v) is 4.67. The minimum absolute atomic E-state index is 0.00423. The molecule has 1 rings (SSSR count). The van der Waals surface area contributed by atoms with E-state index in [-0.39, 0.29) is 18.2 Å². The zero-order chi connectivity index (χ0) is 16.0. The van der Waals surface area contributed by atoms with E-state index in [0.29, 0.717) is 0 Å². The SMILES string of the molecule is CC(C)C(O)CNC(=O)Nc1ccc(F)cc1OC(F)F. The molecule has 8 heteroatoms. The Hall–Kier alpha value is -1.96. The van der Waals surface area contributed by atoms with Crippen molar-refractivity contribution in [3.05, 3.63) is 24.0 Å². The van der Waals surface area contributed by atoms with Crippen molar-refractivity contribution in [2.24, 2.45) is 5.92 Å². The first-order valence-corrected chi connectivity index (χ1v) is 6.27. The molecular weight excluding hydrogens is 289 g/mol. The lowest BCUT2D eigenvalue weighted by Crippen LogP contribution is -2.37. The third kappa shape index (κ3) is 5.90. The van der Waals surface area contributed by atoms with Gasteiger partial charge in [-0.1, -0.05) is 13.8 Å². The number of hydrogen-bond donors (Lipinski definition) is 3. The third-order valence-corrected chi connectivity index (χ3v) is 2.65. The maximum atomic E-state index is 13.0. The van der Waals surface area contributed by atoms with Crippen molar-refractivity contribution in [2.45, 2.75) is 26.6 Å². The van der Waals surface area contributed by atoms with Gasteiger partial charge in [0, 0.05) is 12.6 Å². The number of ether oxygens (including phenoxy) is 1. The van der Waals surface area contributed by atoms with E-state index in [1.54, 1.807) is 13.8 Å². The maximum Gasteiger partial charge on any atom is 0.387 e. The largest absolute Gasteiger partial charge is 0.432 e. The molecule has 3 N–H and O–H groups in total. The monoisotopic (exact) mass is 306 g/mol. The van der Waals surface area contributed by atoms with Gasteiger partial charge in [0.15, 0.2) is 5.75 Å². The van der Waals surface area contributed by atoms with Gasteiger partial charge in [-0.15, -0.1) is 0 Å². The average molecular weight is 306 g/mol. The van der Waals surface area contributed by atoms with Crippen LogP contribution in [0.25, 0.3) is 0 Å². The quantitative estimate of drug-likeness (QED) is 0.756. The van der Waals surface area contributed by atoms with Gasteiger partial charge in [0.2, 0.25) is 0 Å². The van der Waals surface area contributed by atoms with Gasteiger partial charge in [0.1, 0.15) is 5.82 Å². The highest BCUT2D eigenvalue weighted by atomic mass is 19.3. The summed E-state index contributed by atoms with van der Waals surface area (Å²) >= 11 is 0. The topological polar surface area (TPSA) is 70.6 Å². The summed E-state index contributed by atoms with van der Waals surface area (Å²) in [7, 11) is 0. The normalized spacial score (nSPS) is 12.4. The van der Waals surface area contributed by atoms with E-state index in [1.165, 1.54) is 0 Å². The summed E-state index contributed by atoms with van der Waals surface area (Å²) in [5, 5.41) is 14.2. The highest BCUT2D eigenvalue weighted by Crippen LogP contribution is 2.26. The van der Waals surface area contributed by atoms with Gasteiger partial charge in [-0.25, -0.2) is 9.18 Å². The molecule has 0 aliphatic carbocycles. The first-order valence-electron chi connectivity index (χ1n) is 6.27. The van der Waals surface area contributed by atoms with E-state index in [1.807, 2.05) is 0 Å². The fraction of sp³-hybridized carbons (Fsp3) is 0.462. The van der Waals surface area contributed by atoms with E-state index < -0.39 is 30.3 Å². The number of rotatable bonds is 6. The predicted octanol–water partition coefficient (Wildman–Crippen LogP) is 2.57. The molecule has 0 saturated carbocycles. The van der Waals surface area contributed by atoms with Crippen LogP contribution in [0, 0.1) is 11.7 Å². The van der Waals surface area contributed by atoms with Crippen molar-refractivity contribution < 1.29 is 27.8 Å². The molecule has 0 radical (unpaired) electrons. The van der Waals surface area contributed by atoms with Gasteiger partial charge in [-0.05, 0) is 18.1 Å². The zero-order valence-corrected chi connectivity index (χ0v) is 11.6. The molecule has 21 heavy (non-hydrogen) atoms. The molecule has 1 unspecified atom stereocenters. The van der Waals surface area contributed by atoms with Crippen molar-refractivity contribution in [1.82, 2.24) is 5.32 Å². The van der Waals surface area contributed by atoms with Crippen LogP contribution < -0.4 is 15.4 Å². The van der Waals surface area contributed by atoms with Gasteiger partial charge < -0.3 is 20.5 Å². The van der Waals surface area contributed by atoms with Gasteiger partial charge in [0.05, 0.1) is 11.8 Å². The summed E-state index contributed by atoms with van der Waals surface area (Å²) in [5.41, 5.74) is -0.103. The Bertz CT molecular complexity index is 484. The Morgan fingerprint density at radius 3 is 2.62 bits per heavy atom. The number of hydrogen-bond acceptors (Lipinski definition) is 3. The molecule has 1 aromatic rings. The van der Waals surface area contributed by atoms with Crippen LogP contribution in [0.4, 0.5) is 23.7 Å². The Morgan fingerprint density at radius 1 is 1.38 bits per heavy atom. The van der Waals surface area contributed by atoms with Crippen LogP contribution in [0.1, 0.15) is 13.8 Å². The minimum Gasteiger partial charge on any atom is -0.432 e. The van der Waals surface area contributed by atoms with Crippen molar-refractivity contribution in [2.75, 3.05) is 11.9 Å². The van der Waals surface area contributed by atoms with Gasteiger partial charge in [0.25, 0.3) is 0 Å². The van der Waals surface area contributed by atoms with Crippen molar-refractivity contribution in [3.63, 3.8) is 0 Å². The second kappa shape index (κ2) is 7.72. The number of anilines is 1. The van der Waals surface area contributed by atoms with E-state index in [0.717, 1.165) is 18.2 Å². The molecule has 0 heterocycles. The number of amides is 2. The molecule has 1 aromatic carbocycles. The summed E-state index contributed by atoms with van der Waals surface area (Å²) in [5.74, 6) is -1.30. The molecule has 2 amide bonds. The highest BCUT2D eigenvalue weighted by Gasteiger charge is 2.14. The Morgan fingerprint density at radius 2 is 2.05 bits per heavy atom. The van der Waals surface area contributed by atoms with E-state index >= 15 is 0 Å². The molecule has 118 valence electrons. The number of aliphatic hydroxyl groups is 1. The summed E-state index contributed by atoms with van der Waals surface area (Å²) in [6.07, 6.45) is -0.735. The summed E-state index contributed by atoms with van der Waals surface area (Å²) in [6, 6.07) is 2.12. The van der Waals surface area contributed by atoms with Crippen LogP contribution in [0.5, 0.6) is 5.75 Å². The predicted molar refractivity (Wildman–Crippen MR) is 70.9 cm³/mol. The molecule has 5 nitrogen and oxygen atoms in total. The highest BCUT2D eigenvalue weighted by molar-refractivity contribution is 5.90. The van der Waals surface area contributed by atoms with Gasteiger partial charge >= 0.3 is 12.6 Å². The molecular formula is C13H17F3N2O3. The minimum atomic E-state index is -3.14. The molecule has 0 fully saturated rings. The van der Waals surface area contributed by atoms with Crippen LogP contribution in [-0.2, 0) is 0 Å². The third-order valence-electron chi connectivity index (χ3n) is 2.65. The number of alkyl halides is 2. The van der Waals surface area contributed by atoms with Crippen LogP contribution in [-0.4, -0.2) is 30.4 Å². The van der Waals surface area contributed by atoms with Crippen LogP contribution >= 0.6 is 0 Å². The molecule has 0 bridgehead atoms. The lowest BCUT2D eigenvalue weighted by molar-refractivity contribution is -0.0495. The van der Waals surface area contributed by atoms with Gasteiger partial charge in [-0.2, -0.15) is 8.78 Å². The summed E-state index contributed by atoms with van der Waals surface area (Å²) in [4.78, 5) is 11.6. The first-order chi connectivity index (χ1) is 9.79. The fourth-order valence-electron chi connectivity index (χ4n) is 1.39. The van der Waals surface area contributed by atoms with E-state index in [9.17, 15) is 23.1 Å². The molecule has 0 aliphatic heterocycles. The van der Waals surface area contributed by atoms with Crippen molar-refractivity contribution >= 4 is 11.7 Å². The lowest BCUT2D eigenvalue weighted by atomic mass is 10.1. The van der Waals surface area contributed by atoms with Gasteiger partial charge in [-0.3, -0.25) is 0 Å². The standard InChI is InChI=1S/C13H17F3N2O3/c1-7(2)10(19)6-17-13(20)18-9-4-3-8(14)5-11(9)21-12(15)16/h3-5,7,10,12,19H,6H2,1-2H3,(H2,17,18,20). The number of carbonyl (C=O) groups is 1.